The molecule has 76 valence electrons. The average molecular weight is 192 g/mol. The maximum Gasteiger partial charge on any atom is 0.276 e. The van der Waals surface area contributed by atoms with E-state index >= 15 is 0 Å². The van der Waals surface area contributed by atoms with Crippen LogP contribution in [0, 0.1) is 17.8 Å². The number of alkyl halides is 3. The second-order valence-electron chi connectivity index (χ2n) is 4.70. The lowest BCUT2D eigenvalue weighted by Crippen LogP contribution is -2.36. The molecule has 2 aliphatic carbocycles. The van der Waals surface area contributed by atoms with Crippen LogP contribution >= 0.6 is 0 Å². The van der Waals surface area contributed by atoms with Gasteiger partial charge in [-0.05, 0) is 37.0 Å². The van der Waals surface area contributed by atoms with Crippen LogP contribution in [0.2, 0.25) is 0 Å². The van der Waals surface area contributed by atoms with Crippen LogP contribution in [-0.4, -0.2) is 12.1 Å². The summed E-state index contributed by atoms with van der Waals surface area (Å²) in [6.07, 6.45) is 1.86. The third-order valence-electron chi connectivity index (χ3n) is 3.65. The highest BCUT2D eigenvalue weighted by Gasteiger charge is 2.50. The van der Waals surface area contributed by atoms with Crippen molar-refractivity contribution in [2.24, 2.45) is 17.8 Å². The van der Waals surface area contributed by atoms with Gasteiger partial charge in [0.05, 0.1) is 0 Å². The second-order valence-corrected chi connectivity index (χ2v) is 4.70. The van der Waals surface area contributed by atoms with E-state index in [1.807, 2.05) is 0 Å². The molecular formula is C10H15F3. The van der Waals surface area contributed by atoms with Crippen LogP contribution in [0.15, 0.2) is 0 Å². The van der Waals surface area contributed by atoms with E-state index in [2.05, 4.69) is 0 Å². The molecule has 2 bridgehead atoms. The molecule has 2 saturated carbocycles. The number of rotatable bonds is 2. The van der Waals surface area contributed by atoms with Gasteiger partial charge >= 0.3 is 0 Å². The van der Waals surface area contributed by atoms with Crippen LogP contribution in [0.3, 0.4) is 0 Å². The minimum absolute atomic E-state index is 0.242. The molecule has 4 atom stereocenters. The number of hydrogen-bond acceptors (Lipinski definition) is 0. The van der Waals surface area contributed by atoms with Crippen LogP contribution in [0.5, 0.6) is 0 Å². The molecule has 3 heteroatoms. The van der Waals surface area contributed by atoms with Gasteiger partial charge in [0.1, 0.15) is 0 Å². The standard InChI is InChI=1S/C10H15F3/c1-10(12,13)9(11)8-5-6-2-3-7(8)4-6/h6-9H,2-5H2,1H3. The van der Waals surface area contributed by atoms with Crippen molar-refractivity contribution >= 4 is 0 Å². The third-order valence-corrected chi connectivity index (χ3v) is 3.65. The summed E-state index contributed by atoms with van der Waals surface area (Å²) in [5, 5.41) is 0. The maximum absolute atomic E-state index is 13.3. The SMILES string of the molecule is CC(F)(F)C(F)C1CC2CCC1C2. The minimum atomic E-state index is -3.14. The van der Waals surface area contributed by atoms with Crippen LogP contribution in [-0.2, 0) is 0 Å². The van der Waals surface area contributed by atoms with Crippen molar-refractivity contribution in [1.29, 1.82) is 0 Å². The lowest BCUT2D eigenvalue weighted by atomic mass is 9.83. The van der Waals surface area contributed by atoms with Gasteiger partial charge in [-0.3, -0.25) is 0 Å². The number of fused-ring (bicyclic) bond motifs is 2. The fourth-order valence-electron chi connectivity index (χ4n) is 3.03. The topological polar surface area (TPSA) is 0 Å². The summed E-state index contributed by atoms with van der Waals surface area (Å²) in [7, 11) is 0. The lowest BCUT2D eigenvalue weighted by Gasteiger charge is -2.28. The summed E-state index contributed by atoms with van der Waals surface area (Å²) in [4.78, 5) is 0. The molecule has 2 fully saturated rings. The first-order valence-electron chi connectivity index (χ1n) is 5.00. The lowest BCUT2D eigenvalue weighted by molar-refractivity contribution is -0.0873. The molecule has 4 unspecified atom stereocenters. The predicted octanol–water partition coefficient (Wildman–Crippen LogP) is 3.42. The Morgan fingerprint density at radius 1 is 1.23 bits per heavy atom. The van der Waals surface area contributed by atoms with Gasteiger partial charge in [0, 0.05) is 6.92 Å². The summed E-state index contributed by atoms with van der Waals surface area (Å²) in [5.74, 6) is -2.73. The third kappa shape index (κ3) is 1.57. The fraction of sp³-hybridized carbons (Fsp3) is 1.00. The van der Waals surface area contributed by atoms with Crippen molar-refractivity contribution in [2.75, 3.05) is 0 Å². The Bertz CT molecular complexity index is 197. The summed E-state index contributed by atoms with van der Waals surface area (Å²) >= 11 is 0. The molecular weight excluding hydrogens is 177 g/mol. The first-order valence-corrected chi connectivity index (χ1v) is 5.00. The van der Waals surface area contributed by atoms with E-state index in [1.54, 1.807) is 0 Å². The van der Waals surface area contributed by atoms with Gasteiger partial charge in [-0.1, -0.05) is 6.42 Å². The molecule has 0 amide bonds. The molecule has 13 heavy (non-hydrogen) atoms. The van der Waals surface area contributed by atoms with Gasteiger partial charge in [0.25, 0.3) is 5.92 Å². The van der Waals surface area contributed by atoms with E-state index in [4.69, 9.17) is 0 Å². The quantitative estimate of drug-likeness (QED) is 0.629. The molecule has 2 aliphatic rings. The Morgan fingerprint density at radius 3 is 2.31 bits per heavy atom. The molecule has 0 aromatic carbocycles. The van der Waals surface area contributed by atoms with Crippen LogP contribution in [0.25, 0.3) is 0 Å². The minimum Gasteiger partial charge on any atom is -0.241 e. The fourth-order valence-corrected chi connectivity index (χ4v) is 3.03. The number of halogens is 3. The van der Waals surface area contributed by atoms with Gasteiger partial charge in [-0.2, -0.15) is 0 Å². The summed E-state index contributed by atoms with van der Waals surface area (Å²) < 4.78 is 38.8. The Kier molecular flexibility index (Phi) is 2.08. The molecule has 0 nitrogen and oxygen atoms in total. The summed E-state index contributed by atoms with van der Waals surface area (Å²) in [6, 6.07) is 0. The summed E-state index contributed by atoms with van der Waals surface area (Å²) in [5.41, 5.74) is 0. The molecule has 2 rings (SSSR count). The Hall–Kier alpha value is -0.210. The molecule has 0 aromatic heterocycles. The van der Waals surface area contributed by atoms with E-state index in [9.17, 15) is 13.2 Å². The first-order chi connectivity index (χ1) is 5.98. The number of hydrogen-bond donors (Lipinski definition) is 0. The zero-order chi connectivity index (χ0) is 9.64. The average Bonchev–Trinajstić information content (AvgIpc) is 2.60. The Labute approximate surface area is 76.5 Å². The Balaban J connectivity index is 2.02. The molecule has 0 aliphatic heterocycles. The van der Waals surface area contributed by atoms with Crippen LogP contribution in [0.1, 0.15) is 32.6 Å². The zero-order valence-corrected chi connectivity index (χ0v) is 7.77. The van der Waals surface area contributed by atoms with Gasteiger partial charge < -0.3 is 0 Å². The van der Waals surface area contributed by atoms with Crippen LogP contribution < -0.4 is 0 Å². The van der Waals surface area contributed by atoms with Crippen molar-refractivity contribution in [1.82, 2.24) is 0 Å². The highest BCUT2D eigenvalue weighted by Crippen LogP contribution is 2.52. The van der Waals surface area contributed by atoms with Crippen molar-refractivity contribution in [3.05, 3.63) is 0 Å². The largest absolute Gasteiger partial charge is 0.276 e. The van der Waals surface area contributed by atoms with E-state index in [1.165, 1.54) is 0 Å². The Morgan fingerprint density at radius 2 is 1.92 bits per heavy atom. The smallest absolute Gasteiger partial charge is 0.241 e. The van der Waals surface area contributed by atoms with E-state index in [0.29, 0.717) is 19.3 Å². The maximum atomic E-state index is 13.3. The highest BCUT2D eigenvalue weighted by molar-refractivity contribution is 4.95. The first kappa shape index (κ1) is 9.35. The van der Waals surface area contributed by atoms with E-state index in [0.717, 1.165) is 19.3 Å². The molecule has 0 heterocycles. The molecule has 0 spiro atoms. The molecule has 0 radical (unpaired) electrons. The zero-order valence-electron chi connectivity index (χ0n) is 7.77. The normalized spacial score (nSPS) is 41.1. The predicted molar refractivity (Wildman–Crippen MR) is 44.5 cm³/mol. The van der Waals surface area contributed by atoms with E-state index in [-0.39, 0.29) is 11.8 Å². The summed E-state index contributed by atoms with van der Waals surface area (Å²) in [6.45, 7) is 0.698. The van der Waals surface area contributed by atoms with E-state index < -0.39 is 12.1 Å². The van der Waals surface area contributed by atoms with Crippen LogP contribution in [0.4, 0.5) is 13.2 Å². The van der Waals surface area contributed by atoms with Gasteiger partial charge in [0.15, 0.2) is 6.17 Å². The van der Waals surface area contributed by atoms with Gasteiger partial charge in [-0.25, -0.2) is 13.2 Å². The molecule has 0 N–H and O–H groups in total. The van der Waals surface area contributed by atoms with Gasteiger partial charge in [0.2, 0.25) is 0 Å². The van der Waals surface area contributed by atoms with Gasteiger partial charge in [-0.15, -0.1) is 0 Å². The monoisotopic (exact) mass is 192 g/mol. The van der Waals surface area contributed by atoms with Crippen molar-refractivity contribution in [3.63, 3.8) is 0 Å². The van der Waals surface area contributed by atoms with Crippen molar-refractivity contribution in [2.45, 2.75) is 44.7 Å². The molecule has 0 saturated heterocycles. The van der Waals surface area contributed by atoms with Crippen molar-refractivity contribution in [3.8, 4) is 0 Å². The molecule has 0 aromatic rings. The van der Waals surface area contributed by atoms with Crippen molar-refractivity contribution < 1.29 is 13.2 Å². The second kappa shape index (κ2) is 2.89. The highest BCUT2D eigenvalue weighted by atomic mass is 19.3.